The van der Waals surface area contributed by atoms with Crippen LogP contribution in [0, 0.1) is 11.8 Å². The number of rotatable bonds is 6. The second kappa shape index (κ2) is 8.93. The number of hydrogen-bond donors (Lipinski definition) is 2. The van der Waals surface area contributed by atoms with Crippen LogP contribution < -0.4 is 11.3 Å². The second-order valence-corrected chi connectivity index (χ2v) is 5.80. The maximum absolute atomic E-state index is 5.80. The van der Waals surface area contributed by atoms with Crippen LogP contribution in [0.2, 0.25) is 0 Å². The Morgan fingerprint density at radius 3 is 2.00 bits per heavy atom. The SMILES string of the molecule is CCC(CC)CC(NN)C1CCCCCCC1. The molecule has 102 valence electrons. The van der Waals surface area contributed by atoms with E-state index in [2.05, 4.69) is 19.3 Å². The lowest BCUT2D eigenvalue weighted by Gasteiger charge is -2.30. The number of hydrogen-bond acceptors (Lipinski definition) is 2. The van der Waals surface area contributed by atoms with E-state index in [0.29, 0.717) is 6.04 Å². The lowest BCUT2D eigenvalue weighted by atomic mass is 9.81. The first-order valence-electron chi connectivity index (χ1n) is 7.77. The predicted molar refractivity (Wildman–Crippen MR) is 75.6 cm³/mol. The van der Waals surface area contributed by atoms with Crippen molar-refractivity contribution in [1.82, 2.24) is 5.43 Å². The minimum atomic E-state index is 0.554. The van der Waals surface area contributed by atoms with Gasteiger partial charge in [-0.1, -0.05) is 58.8 Å². The van der Waals surface area contributed by atoms with Gasteiger partial charge in [0.25, 0.3) is 0 Å². The minimum absolute atomic E-state index is 0.554. The molecule has 0 heterocycles. The fourth-order valence-electron chi connectivity index (χ4n) is 3.27. The van der Waals surface area contributed by atoms with Gasteiger partial charge >= 0.3 is 0 Å². The molecule has 0 aromatic heterocycles. The van der Waals surface area contributed by atoms with E-state index in [-0.39, 0.29) is 0 Å². The van der Waals surface area contributed by atoms with Gasteiger partial charge in [-0.05, 0) is 31.1 Å². The average Bonchev–Trinajstić information content (AvgIpc) is 2.32. The summed E-state index contributed by atoms with van der Waals surface area (Å²) in [4.78, 5) is 0. The molecule has 2 nitrogen and oxygen atoms in total. The summed E-state index contributed by atoms with van der Waals surface area (Å²) in [5.74, 6) is 7.47. The summed E-state index contributed by atoms with van der Waals surface area (Å²) >= 11 is 0. The third-order valence-corrected chi connectivity index (χ3v) is 4.67. The maximum Gasteiger partial charge on any atom is 0.0241 e. The van der Waals surface area contributed by atoms with Gasteiger partial charge in [-0.15, -0.1) is 0 Å². The number of nitrogens with one attached hydrogen (secondary N) is 1. The molecule has 0 aliphatic heterocycles. The van der Waals surface area contributed by atoms with E-state index in [9.17, 15) is 0 Å². The summed E-state index contributed by atoms with van der Waals surface area (Å²) in [6.45, 7) is 4.61. The monoisotopic (exact) mass is 240 g/mol. The highest BCUT2D eigenvalue weighted by molar-refractivity contribution is 4.78. The molecular formula is C15H32N2. The van der Waals surface area contributed by atoms with Crippen molar-refractivity contribution in [3.05, 3.63) is 0 Å². The van der Waals surface area contributed by atoms with Crippen LogP contribution in [-0.4, -0.2) is 6.04 Å². The molecule has 0 aromatic rings. The van der Waals surface area contributed by atoms with Crippen molar-refractivity contribution in [2.45, 2.75) is 84.1 Å². The Labute approximate surface area is 108 Å². The van der Waals surface area contributed by atoms with E-state index < -0.39 is 0 Å². The lowest BCUT2D eigenvalue weighted by Crippen LogP contribution is -2.42. The van der Waals surface area contributed by atoms with E-state index in [1.165, 1.54) is 64.2 Å². The molecule has 1 aliphatic rings. The Bertz CT molecular complexity index is 170. The average molecular weight is 240 g/mol. The fraction of sp³-hybridized carbons (Fsp3) is 1.00. The zero-order valence-corrected chi connectivity index (χ0v) is 11.9. The summed E-state index contributed by atoms with van der Waals surface area (Å²) in [6, 6.07) is 0.554. The molecule has 0 spiro atoms. The summed E-state index contributed by atoms with van der Waals surface area (Å²) in [7, 11) is 0. The third kappa shape index (κ3) is 5.39. The molecule has 3 N–H and O–H groups in total. The highest BCUT2D eigenvalue weighted by Crippen LogP contribution is 2.28. The quantitative estimate of drug-likeness (QED) is 0.544. The van der Waals surface area contributed by atoms with E-state index >= 15 is 0 Å². The van der Waals surface area contributed by atoms with Crippen LogP contribution in [-0.2, 0) is 0 Å². The van der Waals surface area contributed by atoms with E-state index in [1.54, 1.807) is 0 Å². The Hall–Kier alpha value is -0.0800. The summed E-state index contributed by atoms with van der Waals surface area (Å²) < 4.78 is 0. The third-order valence-electron chi connectivity index (χ3n) is 4.67. The maximum atomic E-state index is 5.80. The van der Waals surface area contributed by atoms with Gasteiger partial charge in [0.1, 0.15) is 0 Å². The fourth-order valence-corrected chi connectivity index (χ4v) is 3.27. The van der Waals surface area contributed by atoms with Gasteiger partial charge in [-0.25, -0.2) is 0 Å². The summed E-state index contributed by atoms with van der Waals surface area (Å²) in [5, 5.41) is 0. The smallest absolute Gasteiger partial charge is 0.0241 e. The molecule has 0 radical (unpaired) electrons. The Morgan fingerprint density at radius 2 is 1.53 bits per heavy atom. The molecule has 0 bridgehead atoms. The van der Waals surface area contributed by atoms with E-state index in [0.717, 1.165) is 11.8 Å². The van der Waals surface area contributed by atoms with Crippen LogP contribution in [0.5, 0.6) is 0 Å². The first-order valence-corrected chi connectivity index (χ1v) is 7.77. The normalized spacial score (nSPS) is 21.2. The van der Waals surface area contributed by atoms with Crippen molar-refractivity contribution < 1.29 is 0 Å². The molecule has 0 amide bonds. The molecular weight excluding hydrogens is 208 g/mol. The van der Waals surface area contributed by atoms with Crippen LogP contribution >= 0.6 is 0 Å². The highest BCUT2D eigenvalue weighted by Gasteiger charge is 2.23. The first-order chi connectivity index (χ1) is 8.31. The zero-order valence-electron chi connectivity index (χ0n) is 11.9. The molecule has 17 heavy (non-hydrogen) atoms. The van der Waals surface area contributed by atoms with Crippen molar-refractivity contribution in [3.8, 4) is 0 Å². The van der Waals surface area contributed by atoms with Gasteiger partial charge in [0.2, 0.25) is 0 Å². The van der Waals surface area contributed by atoms with Gasteiger partial charge in [0.15, 0.2) is 0 Å². The van der Waals surface area contributed by atoms with E-state index in [4.69, 9.17) is 5.84 Å². The Balaban J connectivity index is 2.45. The van der Waals surface area contributed by atoms with Crippen LogP contribution in [0.15, 0.2) is 0 Å². The van der Waals surface area contributed by atoms with Gasteiger partial charge in [-0.3, -0.25) is 11.3 Å². The molecule has 1 saturated carbocycles. The topological polar surface area (TPSA) is 38.0 Å². The highest BCUT2D eigenvalue weighted by atomic mass is 15.2. The van der Waals surface area contributed by atoms with Crippen molar-refractivity contribution in [2.75, 3.05) is 0 Å². The van der Waals surface area contributed by atoms with Crippen LogP contribution in [0.4, 0.5) is 0 Å². The van der Waals surface area contributed by atoms with Gasteiger partial charge in [0.05, 0.1) is 0 Å². The predicted octanol–water partition coefficient (Wildman–Crippen LogP) is 4.01. The van der Waals surface area contributed by atoms with Crippen LogP contribution in [0.1, 0.15) is 78.1 Å². The lowest BCUT2D eigenvalue weighted by molar-refractivity contribution is 0.242. The van der Waals surface area contributed by atoms with Crippen LogP contribution in [0.25, 0.3) is 0 Å². The molecule has 2 heteroatoms. The molecule has 1 aliphatic carbocycles. The molecule has 1 atom stereocenters. The van der Waals surface area contributed by atoms with Gasteiger partial charge in [-0.2, -0.15) is 0 Å². The Kier molecular flexibility index (Phi) is 7.87. The van der Waals surface area contributed by atoms with Crippen LogP contribution in [0.3, 0.4) is 0 Å². The van der Waals surface area contributed by atoms with Gasteiger partial charge < -0.3 is 0 Å². The molecule has 0 saturated heterocycles. The summed E-state index contributed by atoms with van der Waals surface area (Å²) in [5.41, 5.74) is 3.12. The largest absolute Gasteiger partial charge is 0.271 e. The first kappa shape index (κ1) is 15.0. The standard InChI is InChI=1S/C15H32N2/c1-3-13(4-2)12-15(17-16)14-10-8-6-5-7-9-11-14/h13-15,17H,3-12,16H2,1-2H3. The second-order valence-electron chi connectivity index (χ2n) is 5.80. The molecule has 1 unspecified atom stereocenters. The molecule has 1 rings (SSSR count). The zero-order chi connectivity index (χ0) is 12.5. The van der Waals surface area contributed by atoms with Crippen molar-refractivity contribution >= 4 is 0 Å². The molecule has 1 fully saturated rings. The van der Waals surface area contributed by atoms with Crippen molar-refractivity contribution in [3.63, 3.8) is 0 Å². The minimum Gasteiger partial charge on any atom is -0.271 e. The Morgan fingerprint density at radius 1 is 1.00 bits per heavy atom. The van der Waals surface area contributed by atoms with Gasteiger partial charge in [0, 0.05) is 6.04 Å². The number of nitrogens with two attached hydrogens (primary N) is 1. The molecule has 0 aromatic carbocycles. The van der Waals surface area contributed by atoms with E-state index in [1.807, 2.05) is 0 Å². The summed E-state index contributed by atoms with van der Waals surface area (Å²) in [6.07, 6.45) is 13.7. The van der Waals surface area contributed by atoms with Crippen molar-refractivity contribution in [2.24, 2.45) is 17.7 Å². The van der Waals surface area contributed by atoms with Crippen molar-refractivity contribution in [1.29, 1.82) is 0 Å². The number of hydrazine groups is 1.